The van der Waals surface area contributed by atoms with Gasteiger partial charge in [-0.05, 0) is 18.2 Å². The van der Waals surface area contributed by atoms with Gasteiger partial charge in [-0.1, -0.05) is 0 Å². The van der Waals surface area contributed by atoms with E-state index in [9.17, 15) is 0 Å². The molecule has 0 aliphatic rings. The van der Waals surface area contributed by atoms with Gasteiger partial charge in [-0.15, -0.1) is 0 Å². The highest BCUT2D eigenvalue weighted by molar-refractivity contribution is 5.79. The first kappa shape index (κ1) is 12.6. The maximum Gasteiger partial charge on any atom is 0.192 e. The number of rotatable bonds is 3. The highest BCUT2D eigenvalue weighted by atomic mass is 16.3. The smallest absolute Gasteiger partial charge is 0.192 e. The molecule has 102 valence electrons. The van der Waals surface area contributed by atoms with Crippen molar-refractivity contribution in [2.45, 2.75) is 13.5 Å². The molecule has 3 rings (SSSR count). The van der Waals surface area contributed by atoms with Crippen molar-refractivity contribution in [3.05, 3.63) is 42.2 Å². The van der Waals surface area contributed by atoms with Gasteiger partial charge < -0.3 is 15.1 Å². The molecule has 2 aromatic heterocycles. The minimum absolute atomic E-state index is 0.321. The number of anilines is 2. The van der Waals surface area contributed by atoms with Gasteiger partial charge in [0.25, 0.3) is 0 Å². The third kappa shape index (κ3) is 2.21. The van der Waals surface area contributed by atoms with Crippen LogP contribution in [0.1, 0.15) is 11.7 Å². The van der Waals surface area contributed by atoms with Crippen LogP contribution in [0.25, 0.3) is 11.1 Å². The zero-order valence-electron chi connectivity index (χ0n) is 11.4. The van der Waals surface area contributed by atoms with Gasteiger partial charge in [-0.2, -0.15) is 0 Å². The third-order valence-electron chi connectivity index (χ3n) is 3.08. The van der Waals surface area contributed by atoms with Gasteiger partial charge in [0.15, 0.2) is 11.5 Å². The van der Waals surface area contributed by atoms with Crippen molar-refractivity contribution in [3.63, 3.8) is 0 Å². The monoisotopic (exact) mass is 269 g/mol. The minimum Gasteiger partial charge on any atom is -0.441 e. The van der Waals surface area contributed by atoms with Gasteiger partial charge in [-0.3, -0.25) is 0 Å². The number of hydrogen-bond donors (Lipinski definition) is 1. The van der Waals surface area contributed by atoms with E-state index < -0.39 is 0 Å². The number of hydrogen-bond acceptors (Lipinski definition) is 6. The second-order valence-corrected chi connectivity index (χ2v) is 4.48. The molecule has 2 heterocycles. The summed E-state index contributed by atoms with van der Waals surface area (Å²) in [7, 11) is 1.94. The van der Waals surface area contributed by atoms with E-state index in [1.807, 2.05) is 43.1 Å². The highest BCUT2D eigenvalue weighted by Gasteiger charge is 2.09. The molecule has 0 atom stereocenters. The van der Waals surface area contributed by atoms with Crippen LogP contribution in [0.3, 0.4) is 0 Å². The molecule has 0 saturated carbocycles. The molecule has 0 unspecified atom stereocenters. The van der Waals surface area contributed by atoms with Crippen LogP contribution in [0, 0.1) is 6.92 Å². The maximum absolute atomic E-state index is 5.57. The lowest BCUT2D eigenvalue weighted by atomic mass is 10.2. The predicted octanol–water partition coefficient (Wildman–Crippen LogP) is 2.15. The predicted molar refractivity (Wildman–Crippen MR) is 76.7 cm³/mol. The Kier molecular flexibility index (Phi) is 3.08. The molecule has 0 aliphatic heterocycles. The Morgan fingerprint density at radius 3 is 2.90 bits per heavy atom. The largest absolute Gasteiger partial charge is 0.441 e. The number of oxazole rings is 1. The SMILES string of the molecule is Cc1nc2ccc(N(C)c3ccnc(CN)n3)cc2o1. The average Bonchev–Trinajstić information content (AvgIpc) is 2.85. The Morgan fingerprint density at radius 1 is 1.25 bits per heavy atom. The van der Waals surface area contributed by atoms with E-state index in [0.717, 1.165) is 22.6 Å². The highest BCUT2D eigenvalue weighted by Crippen LogP contribution is 2.26. The normalized spacial score (nSPS) is 10.9. The fourth-order valence-electron chi connectivity index (χ4n) is 2.04. The second kappa shape index (κ2) is 4.90. The van der Waals surface area contributed by atoms with Gasteiger partial charge in [0.2, 0.25) is 0 Å². The Hall–Kier alpha value is -2.47. The summed E-state index contributed by atoms with van der Waals surface area (Å²) in [6.45, 7) is 2.16. The van der Waals surface area contributed by atoms with Gasteiger partial charge in [0.05, 0.1) is 6.54 Å². The topological polar surface area (TPSA) is 81.1 Å². The number of nitrogens with zero attached hydrogens (tertiary/aromatic N) is 4. The van der Waals surface area contributed by atoms with E-state index in [0.29, 0.717) is 18.3 Å². The fraction of sp³-hybridized carbons (Fsp3) is 0.214. The molecular weight excluding hydrogens is 254 g/mol. The Bertz CT molecular complexity index is 752. The van der Waals surface area contributed by atoms with Crippen molar-refractivity contribution in [3.8, 4) is 0 Å². The van der Waals surface area contributed by atoms with Crippen molar-refractivity contribution >= 4 is 22.6 Å². The molecule has 0 amide bonds. The van der Waals surface area contributed by atoms with E-state index in [1.54, 1.807) is 6.20 Å². The first-order chi connectivity index (χ1) is 9.67. The summed E-state index contributed by atoms with van der Waals surface area (Å²) in [5, 5.41) is 0. The molecule has 6 nitrogen and oxygen atoms in total. The first-order valence-corrected chi connectivity index (χ1v) is 6.30. The molecule has 6 heteroatoms. The Morgan fingerprint density at radius 2 is 2.10 bits per heavy atom. The minimum atomic E-state index is 0.321. The maximum atomic E-state index is 5.57. The molecule has 0 saturated heterocycles. The van der Waals surface area contributed by atoms with Gasteiger partial charge in [0, 0.05) is 31.9 Å². The van der Waals surface area contributed by atoms with E-state index >= 15 is 0 Å². The summed E-state index contributed by atoms with van der Waals surface area (Å²) in [6, 6.07) is 7.70. The molecule has 1 aromatic carbocycles. The van der Waals surface area contributed by atoms with Crippen LogP contribution in [0.5, 0.6) is 0 Å². The van der Waals surface area contributed by atoms with Crippen LogP contribution >= 0.6 is 0 Å². The summed E-state index contributed by atoms with van der Waals surface area (Å²) in [5.74, 6) is 2.06. The van der Waals surface area contributed by atoms with E-state index in [2.05, 4.69) is 15.0 Å². The lowest BCUT2D eigenvalue weighted by molar-refractivity contribution is 0.561. The van der Waals surface area contributed by atoms with Crippen molar-refractivity contribution < 1.29 is 4.42 Å². The summed E-state index contributed by atoms with van der Waals surface area (Å²) >= 11 is 0. The standard InChI is InChI=1S/C14H15N5O/c1-9-17-11-4-3-10(7-12(11)20-9)19(2)14-5-6-16-13(8-15)18-14/h3-7H,8,15H2,1-2H3. The van der Waals surface area contributed by atoms with Crippen molar-refractivity contribution in [1.82, 2.24) is 15.0 Å². The molecule has 0 radical (unpaired) electrons. The van der Waals surface area contributed by atoms with Crippen LogP contribution in [0.15, 0.2) is 34.9 Å². The molecule has 2 N–H and O–H groups in total. The summed E-state index contributed by atoms with van der Waals surface area (Å²) < 4.78 is 5.55. The molecule has 0 fully saturated rings. The zero-order chi connectivity index (χ0) is 14.1. The van der Waals surface area contributed by atoms with Crippen molar-refractivity contribution in [2.75, 3.05) is 11.9 Å². The molecule has 0 spiro atoms. The summed E-state index contributed by atoms with van der Waals surface area (Å²) in [5.41, 5.74) is 8.15. The van der Waals surface area contributed by atoms with Gasteiger partial charge >= 0.3 is 0 Å². The van der Waals surface area contributed by atoms with Gasteiger partial charge in [-0.25, -0.2) is 15.0 Å². The molecule has 20 heavy (non-hydrogen) atoms. The number of nitrogens with two attached hydrogens (primary N) is 1. The van der Waals surface area contributed by atoms with Crippen LogP contribution in [-0.2, 0) is 6.54 Å². The van der Waals surface area contributed by atoms with E-state index in [-0.39, 0.29) is 0 Å². The molecular formula is C14H15N5O. The fourth-order valence-corrected chi connectivity index (χ4v) is 2.04. The number of benzene rings is 1. The van der Waals surface area contributed by atoms with E-state index in [4.69, 9.17) is 10.2 Å². The second-order valence-electron chi connectivity index (χ2n) is 4.48. The quantitative estimate of drug-likeness (QED) is 0.784. The number of aryl methyl sites for hydroxylation is 1. The summed E-state index contributed by atoms with van der Waals surface area (Å²) in [4.78, 5) is 14.7. The molecule has 3 aromatic rings. The zero-order valence-corrected chi connectivity index (χ0v) is 11.4. The average molecular weight is 269 g/mol. The van der Waals surface area contributed by atoms with Crippen molar-refractivity contribution in [1.29, 1.82) is 0 Å². The van der Waals surface area contributed by atoms with Gasteiger partial charge in [0.1, 0.15) is 17.2 Å². The Labute approximate surface area is 116 Å². The van der Waals surface area contributed by atoms with E-state index in [1.165, 1.54) is 0 Å². The Balaban J connectivity index is 2.00. The molecule has 0 aliphatic carbocycles. The van der Waals surface area contributed by atoms with Crippen LogP contribution in [0.2, 0.25) is 0 Å². The van der Waals surface area contributed by atoms with Crippen LogP contribution in [0.4, 0.5) is 11.5 Å². The lowest BCUT2D eigenvalue weighted by Gasteiger charge is -2.18. The van der Waals surface area contributed by atoms with Crippen LogP contribution < -0.4 is 10.6 Å². The first-order valence-electron chi connectivity index (χ1n) is 6.30. The summed E-state index contributed by atoms with van der Waals surface area (Å²) in [6.07, 6.45) is 1.71. The molecule has 0 bridgehead atoms. The van der Waals surface area contributed by atoms with Crippen LogP contribution in [-0.4, -0.2) is 22.0 Å². The number of fused-ring (bicyclic) bond motifs is 1. The number of aromatic nitrogens is 3. The van der Waals surface area contributed by atoms with Crippen molar-refractivity contribution in [2.24, 2.45) is 5.73 Å². The third-order valence-corrected chi connectivity index (χ3v) is 3.08. The lowest BCUT2D eigenvalue weighted by Crippen LogP contribution is -2.13.